The average Bonchev–Trinajstić information content (AvgIpc) is 2.94. The molecule has 0 unspecified atom stereocenters. The van der Waals surface area contributed by atoms with Crippen molar-refractivity contribution >= 4 is 17.8 Å². The van der Waals surface area contributed by atoms with Crippen LogP contribution in [0.15, 0.2) is 42.5 Å². The zero-order valence-electron chi connectivity index (χ0n) is 12.3. The Hall–Kier alpha value is -3.42. The molecule has 0 aliphatic carbocycles. The summed E-state index contributed by atoms with van der Waals surface area (Å²) in [6.07, 6.45) is -0.934. The minimum absolute atomic E-state index is 0.0344. The van der Waals surface area contributed by atoms with E-state index < -0.39 is 11.1 Å². The Labute approximate surface area is 135 Å². The molecule has 0 atom stereocenters. The summed E-state index contributed by atoms with van der Waals surface area (Å²) in [7, 11) is 0. The van der Waals surface area contributed by atoms with Crippen LogP contribution in [0.4, 0.5) is 10.5 Å². The van der Waals surface area contributed by atoms with Crippen molar-refractivity contribution in [2.24, 2.45) is 0 Å². The number of rotatable bonds is 4. The van der Waals surface area contributed by atoms with Crippen LogP contribution in [0, 0.1) is 10.1 Å². The third kappa shape index (κ3) is 3.32. The van der Waals surface area contributed by atoms with Crippen molar-refractivity contribution < 1.29 is 28.7 Å². The molecule has 0 fully saturated rings. The molecule has 3 rings (SSSR count). The molecule has 0 spiro atoms. The molecule has 8 nitrogen and oxygen atoms in total. The first-order valence-electron chi connectivity index (χ1n) is 6.91. The van der Waals surface area contributed by atoms with Crippen LogP contribution in [-0.4, -0.2) is 17.0 Å². The topological polar surface area (TPSA) is 105 Å². The van der Waals surface area contributed by atoms with Crippen molar-refractivity contribution in [2.75, 3.05) is 0 Å². The van der Waals surface area contributed by atoms with Crippen LogP contribution >= 0.6 is 0 Å². The summed E-state index contributed by atoms with van der Waals surface area (Å²) in [5.41, 5.74) is 1.83. The first-order chi connectivity index (χ1) is 11.5. The molecule has 0 aromatic heterocycles. The van der Waals surface area contributed by atoms with Crippen LogP contribution < -0.4 is 4.74 Å². The van der Waals surface area contributed by atoms with E-state index in [0.29, 0.717) is 11.1 Å². The van der Waals surface area contributed by atoms with E-state index in [1.54, 1.807) is 18.2 Å². The number of hydrogen-bond donors (Lipinski definition) is 0. The van der Waals surface area contributed by atoms with E-state index in [2.05, 4.69) is 0 Å². The summed E-state index contributed by atoms with van der Waals surface area (Å²) < 4.78 is 14.8. The normalized spacial score (nSPS) is 12.2. The van der Waals surface area contributed by atoms with E-state index in [4.69, 9.17) is 14.2 Å². The lowest BCUT2D eigenvalue weighted by Gasteiger charge is -2.06. The van der Waals surface area contributed by atoms with Gasteiger partial charge in [0.2, 0.25) is 0 Å². The molecule has 0 N–H and O–H groups in total. The maximum atomic E-state index is 11.6. The van der Waals surface area contributed by atoms with Crippen LogP contribution in [0.1, 0.15) is 21.5 Å². The minimum Gasteiger partial charge on any atom is -0.457 e. The van der Waals surface area contributed by atoms with Gasteiger partial charge in [-0.1, -0.05) is 6.07 Å². The molecule has 0 saturated heterocycles. The number of carbonyl (C=O) groups excluding carboxylic acids is 2. The maximum absolute atomic E-state index is 11.6. The molecule has 1 aliphatic rings. The second-order valence-corrected chi connectivity index (χ2v) is 4.96. The van der Waals surface area contributed by atoms with Crippen molar-refractivity contribution in [3.05, 3.63) is 69.3 Å². The Bertz CT molecular complexity index is 814. The summed E-state index contributed by atoms with van der Waals surface area (Å²) in [5.74, 6) is -0.228. The smallest absolute Gasteiger partial charge is 0.457 e. The first kappa shape index (κ1) is 15.5. The number of nitro benzene ring substituents is 1. The van der Waals surface area contributed by atoms with Gasteiger partial charge in [0, 0.05) is 17.7 Å². The fraction of sp³-hybridized carbons (Fsp3) is 0.125. The van der Waals surface area contributed by atoms with Gasteiger partial charge >= 0.3 is 12.1 Å². The predicted octanol–water partition coefficient (Wildman–Crippen LogP) is 2.98. The van der Waals surface area contributed by atoms with Crippen molar-refractivity contribution in [1.29, 1.82) is 0 Å². The second kappa shape index (κ2) is 6.37. The molecule has 0 saturated carbocycles. The van der Waals surface area contributed by atoms with E-state index in [1.165, 1.54) is 24.3 Å². The average molecular weight is 329 g/mol. The van der Waals surface area contributed by atoms with Crippen LogP contribution in [-0.2, 0) is 22.7 Å². The zero-order chi connectivity index (χ0) is 17.1. The van der Waals surface area contributed by atoms with Gasteiger partial charge in [-0.2, -0.15) is 0 Å². The number of esters is 1. The lowest BCUT2D eigenvalue weighted by atomic mass is 10.1. The van der Waals surface area contributed by atoms with Gasteiger partial charge in [-0.15, -0.1) is 0 Å². The van der Waals surface area contributed by atoms with E-state index in [9.17, 15) is 19.7 Å². The number of benzene rings is 2. The molecule has 0 bridgehead atoms. The largest absolute Gasteiger partial charge is 0.514 e. The second-order valence-electron chi connectivity index (χ2n) is 4.96. The molecule has 24 heavy (non-hydrogen) atoms. The summed E-state index contributed by atoms with van der Waals surface area (Å²) >= 11 is 0. The SMILES string of the molecule is O=C(OCc1ccc2c(c1)COC2=O)Oc1ccc([N+](=O)[O-])cc1. The highest BCUT2D eigenvalue weighted by Crippen LogP contribution is 2.22. The van der Waals surface area contributed by atoms with Crippen molar-refractivity contribution in [1.82, 2.24) is 0 Å². The highest BCUT2D eigenvalue weighted by Gasteiger charge is 2.21. The van der Waals surface area contributed by atoms with E-state index in [-0.39, 0.29) is 30.6 Å². The van der Waals surface area contributed by atoms with Gasteiger partial charge in [-0.3, -0.25) is 10.1 Å². The Morgan fingerprint density at radius 1 is 1.21 bits per heavy atom. The standard InChI is InChI=1S/C16H11NO7/c18-15-14-6-1-10(7-11(14)9-22-15)8-23-16(19)24-13-4-2-12(3-5-13)17(20)21/h1-7H,8-9H2. The Morgan fingerprint density at radius 3 is 2.67 bits per heavy atom. The van der Waals surface area contributed by atoms with Crippen LogP contribution in [0.2, 0.25) is 0 Å². The number of ether oxygens (including phenoxy) is 3. The van der Waals surface area contributed by atoms with Crippen LogP contribution in [0.3, 0.4) is 0 Å². The molecule has 0 amide bonds. The number of carbonyl (C=O) groups is 2. The molecule has 1 heterocycles. The summed E-state index contributed by atoms with van der Waals surface area (Å²) in [4.78, 5) is 33.0. The Balaban J connectivity index is 1.56. The van der Waals surface area contributed by atoms with Crippen molar-refractivity contribution in [2.45, 2.75) is 13.2 Å². The van der Waals surface area contributed by atoms with Crippen molar-refractivity contribution in [3.63, 3.8) is 0 Å². The summed E-state index contributed by atoms with van der Waals surface area (Å²) in [6, 6.07) is 10.0. The summed E-state index contributed by atoms with van der Waals surface area (Å²) in [5, 5.41) is 10.5. The van der Waals surface area contributed by atoms with Gasteiger partial charge in [0.1, 0.15) is 19.0 Å². The van der Waals surface area contributed by atoms with E-state index >= 15 is 0 Å². The van der Waals surface area contributed by atoms with E-state index in [1.807, 2.05) is 0 Å². The highest BCUT2D eigenvalue weighted by atomic mass is 16.7. The van der Waals surface area contributed by atoms with Crippen LogP contribution in [0.25, 0.3) is 0 Å². The molecule has 2 aromatic carbocycles. The molecular weight excluding hydrogens is 318 g/mol. The number of hydrogen-bond acceptors (Lipinski definition) is 7. The Morgan fingerprint density at radius 2 is 1.96 bits per heavy atom. The lowest BCUT2D eigenvalue weighted by molar-refractivity contribution is -0.384. The zero-order valence-corrected chi connectivity index (χ0v) is 12.3. The van der Waals surface area contributed by atoms with Gasteiger partial charge in [0.05, 0.1) is 10.5 Å². The highest BCUT2D eigenvalue weighted by molar-refractivity contribution is 5.93. The summed E-state index contributed by atoms with van der Waals surface area (Å²) in [6.45, 7) is 0.169. The Kier molecular flexibility index (Phi) is 4.11. The number of nitrogens with zero attached hydrogens (tertiary/aromatic N) is 1. The number of fused-ring (bicyclic) bond motifs is 1. The van der Waals surface area contributed by atoms with Crippen molar-refractivity contribution in [3.8, 4) is 5.75 Å². The fourth-order valence-corrected chi connectivity index (χ4v) is 2.18. The molecule has 122 valence electrons. The van der Waals surface area contributed by atoms with Gasteiger partial charge in [0.25, 0.3) is 5.69 Å². The third-order valence-corrected chi connectivity index (χ3v) is 3.35. The molecular formula is C16H11NO7. The fourth-order valence-electron chi connectivity index (χ4n) is 2.18. The van der Waals surface area contributed by atoms with Gasteiger partial charge in [-0.25, -0.2) is 9.59 Å². The molecule has 1 aliphatic heterocycles. The monoisotopic (exact) mass is 329 g/mol. The maximum Gasteiger partial charge on any atom is 0.514 e. The molecule has 2 aromatic rings. The third-order valence-electron chi connectivity index (χ3n) is 3.35. The van der Waals surface area contributed by atoms with E-state index in [0.717, 1.165) is 5.56 Å². The number of nitro groups is 1. The quantitative estimate of drug-likeness (QED) is 0.367. The van der Waals surface area contributed by atoms with Crippen LogP contribution in [0.5, 0.6) is 5.75 Å². The van der Waals surface area contributed by atoms with Gasteiger partial charge < -0.3 is 14.2 Å². The lowest BCUT2D eigenvalue weighted by Crippen LogP contribution is -2.10. The minimum atomic E-state index is -0.934. The predicted molar refractivity (Wildman–Crippen MR) is 79.5 cm³/mol. The van der Waals surface area contributed by atoms with Gasteiger partial charge in [-0.05, 0) is 29.8 Å². The molecule has 0 radical (unpaired) electrons. The number of cyclic esters (lactones) is 1. The first-order valence-corrected chi connectivity index (χ1v) is 6.91. The van der Waals surface area contributed by atoms with Gasteiger partial charge in [0.15, 0.2) is 0 Å². The molecule has 8 heteroatoms. The number of non-ortho nitro benzene ring substituents is 1.